The molecule has 0 radical (unpaired) electrons. The van der Waals surface area contributed by atoms with E-state index in [9.17, 15) is 5.11 Å². The van der Waals surface area contributed by atoms with Gasteiger partial charge in [-0.25, -0.2) is 0 Å². The number of nitrogens with one attached hydrogen (secondary N) is 1. The second kappa shape index (κ2) is 5.25. The van der Waals surface area contributed by atoms with Crippen LogP contribution in [-0.2, 0) is 0 Å². The topological polar surface area (TPSA) is 67.5 Å². The minimum atomic E-state index is 0.0255. The van der Waals surface area contributed by atoms with Gasteiger partial charge in [0.15, 0.2) is 11.5 Å². The summed E-state index contributed by atoms with van der Waals surface area (Å²) in [6.07, 6.45) is 10.1. The van der Waals surface area contributed by atoms with Crippen LogP contribution in [0, 0.1) is 0 Å². The lowest BCUT2D eigenvalue weighted by Gasteiger charge is -2.28. The maximum atomic E-state index is 10.3. The lowest BCUT2D eigenvalue weighted by Crippen LogP contribution is -2.24. The van der Waals surface area contributed by atoms with Crippen LogP contribution in [0.25, 0.3) is 6.08 Å². The molecule has 0 spiro atoms. The average molecular weight is 304 g/mol. The predicted molar refractivity (Wildman–Crippen MR) is 92.7 cm³/mol. The number of para-hydroxylation sites is 1. The molecule has 0 saturated heterocycles. The van der Waals surface area contributed by atoms with E-state index >= 15 is 0 Å². The van der Waals surface area contributed by atoms with Crippen LogP contribution in [0.3, 0.4) is 0 Å². The second-order valence-electron chi connectivity index (χ2n) is 5.53. The van der Waals surface area contributed by atoms with Gasteiger partial charge in [-0.3, -0.25) is 0 Å². The minimum Gasteiger partial charge on any atom is -0.504 e. The highest BCUT2D eigenvalue weighted by Crippen LogP contribution is 2.46. The zero-order chi connectivity index (χ0) is 15.8. The summed E-state index contributed by atoms with van der Waals surface area (Å²) in [5.74, 6) is 1.09. The van der Waals surface area contributed by atoms with Gasteiger partial charge >= 0.3 is 0 Å². The van der Waals surface area contributed by atoms with Gasteiger partial charge in [0.05, 0.1) is 17.4 Å². The molecule has 1 unspecified atom stereocenters. The summed E-state index contributed by atoms with van der Waals surface area (Å²) >= 11 is 0. The van der Waals surface area contributed by atoms with Crippen LogP contribution in [0.15, 0.2) is 66.3 Å². The highest BCUT2D eigenvalue weighted by molar-refractivity contribution is 5.89. The quantitative estimate of drug-likeness (QED) is 0.578. The van der Waals surface area contributed by atoms with Gasteiger partial charge in [-0.1, -0.05) is 42.5 Å². The lowest BCUT2D eigenvalue weighted by molar-refractivity contribution is 0.411. The monoisotopic (exact) mass is 304 g/mol. The Morgan fingerprint density at radius 3 is 2.78 bits per heavy atom. The van der Waals surface area contributed by atoms with Crippen molar-refractivity contribution in [2.75, 3.05) is 11.1 Å². The van der Waals surface area contributed by atoms with Gasteiger partial charge < -0.3 is 20.9 Å². The fourth-order valence-electron chi connectivity index (χ4n) is 2.85. The normalized spacial score (nSPS) is 17.7. The molecule has 4 nitrogen and oxygen atoms in total. The number of aromatic hydroxyl groups is 1. The van der Waals surface area contributed by atoms with E-state index in [0.29, 0.717) is 17.2 Å². The molecule has 4 heteroatoms. The van der Waals surface area contributed by atoms with Gasteiger partial charge in [-0.2, -0.15) is 0 Å². The number of fused-ring (bicyclic) bond motifs is 2. The molecule has 1 aliphatic carbocycles. The number of ether oxygens (including phenoxy) is 1. The molecule has 2 aliphatic rings. The summed E-state index contributed by atoms with van der Waals surface area (Å²) in [6.45, 7) is 0. The maximum Gasteiger partial charge on any atom is 0.178 e. The zero-order valence-electron chi connectivity index (χ0n) is 12.4. The molecule has 4 rings (SSSR count). The number of nitrogen functional groups attached to an aromatic ring is 1. The van der Waals surface area contributed by atoms with Gasteiger partial charge in [-0.15, -0.1) is 0 Å². The second-order valence-corrected chi connectivity index (χ2v) is 5.53. The molecule has 1 heterocycles. The molecule has 0 saturated carbocycles. The van der Waals surface area contributed by atoms with Crippen molar-refractivity contribution in [3.63, 3.8) is 0 Å². The molecule has 0 fully saturated rings. The summed E-state index contributed by atoms with van der Waals surface area (Å²) < 4.78 is 5.91. The molecule has 0 amide bonds. The molecule has 0 bridgehead atoms. The van der Waals surface area contributed by atoms with E-state index in [1.807, 2.05) is 54.6 Å². The van der Waals surface area contributed by atoms with E-state index in [0.717, 1.165) is 16.8 Å². The number of nitrogens with two attached hydrogens (primary N) is 1. The Kier molecular flexibility index (Phi) is 3.08. The fourth-order valence-corrected chi connectivity index (χ4v) is 2.85. The largest absolute Gasteiger partial charge is 0.504 e. The number of allylic oxidation sites excluding steroid dienone is 2. The Morgan fingerprint density at radius 2 is 1.96 bits per heavy atom. The van der Waals surface area contributed by atoms with Gasteiger partial charge in [0.2, 0.25) is 0 Å². The third-order valence-electron chi connectivity index (χ3n) is 3.96. The molecule has 114 valence electrons. The first kappa shape index (κ1) is 13.5. The molecular weight excluding hydrogens is 288 g/mol. The third kappa shape index (κ3) is 2.34. The first-order valence-corrected chi connectivity index (χ1v) is 7.44. The van der Waals surface area contributed by atoms with Crippen molar-refractivity contribution < 1.29 is 9.84 Å². The number of phenolic OH excluding ortho intramolecular Hbond substituents is 1. The molecule has 4 N–H and O–H groups in total. The molecular formula is C19H16N2O2. The van der Waals surface area contributed by atoms with Crippen molar-refractivity contribution in [1.82, 2.24) is 0 Å². The highest BCUT2D eigenvalue weighted by atomic mass is 16.5. The van der Waals surface area contributed by atoms with E-state index in [-0.39, 0.29) is 11.8 Å². The van der Waals surface area contributed by atoms with Crippen molar-refractivity contribution >= 4 is 17.5 Å². The van der Waals surface area contributed by atoms with E-state index in [2.05, 4.69) is 11.4 Å². The predicted octanol–water partition coefficient (Wildman–Crippen LogP) is 4.07. The summed E-state index contributed by atoms with van der Waals surface area (Å²) in [5.41, 5.74) is 9.21. The number of rotatable bonds is 2. The van der Waals surface area contributed by atoms with Crippen LogP contribution < -0.4 is 15.8 Å². The number of anilines is 2. The summed E-state index contributed by atoms with van der Waals surface area (Å²) in [7, 11) is 0. The van der Waals surface area contributed by atoms with E-state index in [1.54, 1.807) is 0 Å². The van der Waals surface area contributed by atoms with E-state index < -0.39 is 0 Å². The standard InChI is InChI=1S/C19H16N2O2/c20-15-11-17(22)19(23-13-7-2-1-3-8-13)14-10-12-6-4-5-9-16(12)21-18(14)15/h1-11,16,21-22H,20H2. The fraction of sp³-hybridized carbons (Fsp3) is 0.0526. The molecule has 0 aromatic heterocycles. The third-order valence-corrected chi connectivity index (χ3v) is 3.96. The molecule has 1 atom stereocenters. The van der Waals surface area contributed by atoms with Crippen LogP contribution in [0.2, 0.25) is 0 Å². The summed E-state index contributed by atoms with van der Waals surface area (Å²) in [6, 6.07) is 11.0. The molecule has 23 heavy (non-hydrogen) atoms. The summed E-state index contributed by atoms with van der Waals surface area (Å²) in [4.78, 5) is 0. The Balaban J connectivity index is 1.85. The molecule has 2 aromatic rings. The van der Waals surface area contributed by atoms with Gasteiger partial charge in [0.25, 0.3) is 0 Å². The van der Waals surface area contributed by atoms with E-state index in [4.69, 9.17) is 10.5 Å². The number of benzene rings is 2. The Labute approximate surface area is 134 Å². The van der Waals surface area contributed by atoms with Gasteiger partial charge in [0, 0.05) is 11.6 Å². The highest BCUT2D eigenvalue weighted by Gasteiger charge is 2.25. The van der Waals surface area contributed by atoms with Crippen LogP contribution in [0.5, 0.6) is 17.2 Å². The van der Waals surface area contributed by atoms with Crippen molar-refractivity contribution in [3.05, 3.63) is 71.8 Å². The average Bonchev–Trinajstić information content (AvgIpc) is 2.58. The zero-order valence-corrected chi connectivity index (χ0v) is 12.4. The first-order chi connectivity index (χ1) is 11.2. The SMILES string of the molecule is Nc1cc(O)c(Oc2ccccc2)c2c1NC1C=CC=CC1=C2. The van der Waals surface area contributed by atoms with Crippen molar-refractivity contribution in [2.24, 2.45) is 0 Å². The summed E-state index contributed by atoms with van der Waals surface area (Å²) in [5, 5.41) is 13.7. The van der Waals surface area contributed by atoms with Crippen molar-refractivity contribution in [2.45, 2.75) is 6.04 Å². The number of hydrogen-bond acceptors (Lipinski definition) is 4. The van der Waals surface area contributed by atoms with Gasteiger partial charge in [0.1, 0.15) is 5.75 Å². The Hall–Kier alpha value is -3.14. The molecule has 2 aromatic carbocycles. The van der Waals surface area contributed by atoms with Crippen LogP contribution in [-0.4, -0.2) is 11.1 Å². The number of hydrogen-bond donors (Lipinski definition) is 3. The van der Waals surface area contributed by atoms with Crippen LogP contribution in [0.4, 0.5) is 11.4 Å². The smallest absolute Gasteiger partial charge is 0.178 e. The molecule has 1 aliphatic heterocycles. The maximum absolute atomic E-state index is 10.3. The van der Waals surface area contributed by atoms with Crippen molar-refractivity contribution in [3.8, 4) is 17.2 Å². The van der Waals surface area contributed by atoms with Crippen LogP contribution in [0.1, 0.15) is 5.56 Å². The number of phenols is 1. The minimum absolute atomic E-state index is 0.0255. The van der Waals surface area contributed by atoms with Gasteiger partial charge in [-0.05, 0) is 23.8 Å². The first-order valence-electron chi connectivity index (χ1n) is 7.44. The van der Waals surface area contributed by atoms with E-state index in [1.165, 1.54) is 6.07 Å². The Morgan fingerprint density at radius 1 is 1.13 bits per heavy atom. The lowest BCUT2D eigenvalue weighted by atomic mass is 9.93. The Bertz CT molecular complexity index is 851. The van der Waals surface area contributed by atoms with Crippen molar-refractivity contribution in [1.29, 1.82) is 0 Å². The van der Waals surface area contributed by atoms with Crippen LogP contribution >= 0.6 is 0 Å².